The summed E-state index contributed by atoms with van der Waals surface area (Å²) in [5.74, 6) is 0.0733. The van der Waals surface area contributed by atoms with Crippen LogP contribution in [0.15, 0.2) is 60.7 Å². The molecule has 0 aliphatic heterocycles. The Balaban J connectivity index is 1.68. The van der Waals surface area contributed by atoms with E-state index in [2.05, 4.69) is 52.5 Å². The van der Waals surface area contributed by atoms with Crippen LogP contribution >= 0.6 is 0 Å². The third-order valence-electron chi connectivity index (χ3n) is 6.15. The number of nitrogens with one attached hydrogen (secondary N) is 1. The molecule has 0 fully saturated rings. The van der Waals surface area contributed by atoms with E-state index in [-0.39, 0.29) is 5.56 Å². The number of nitrogens with zero attached hydrogens (tertiary/aromatic N) is 3. The van der Waals surface area contributed by atoms with Gasteiger partial charge in [0.15, 0.2) is 0 Å². The molecule has 1 amide bonds. The maximum absolute atomic E-state index is 12.4. The number of para-hydroxylation sites is 1. The van der Waals surface area contributed by atoms with E-state index in [4.69, 9.17) is 9.72 Å². The number of ether oxygens (including phenoxy) is 1. The SMILES string of the molecule is CCn1c2ccccc2c2cc(-c3nc4cc(C(=O)NS(C)(=O)=O)ccc4n3CCOC)ccc21. The van der Waals surface area contributed by atoms with Crippen molar-refractivity contribution in [3.63, 3.8) is 0 Å². The highest BCUT2D eigenvalue weighted by molar-refractivity contribution is 7.89. The Morgan fingerprint density at radius 3 is 2.46 bits per heavy atom. The van der Waals surface area contributed by atoms with E-state index in [1.165, 1.54) is 10.9 Å². The zero-order chi connectivity index (χ0) is 24.7. The lowest BCUT2D eigenvalue weighted by Crippen LogP contribution is -2.29. The van der Waals surface area contributed by atoms with Crippen molar-refractivity contribution in [1.29, 1.82) is 0 Å². The van der Waals surface area contributed by atoms with Gasteiger partial charge in [-0.1, -0.05) is 18.2 Å². The molecule has 0 aliphatic rings. The molecule has 35 heavy (non-hydrogen) atoms. The number of aryl methyl sites for hydroxylation is 1. The summed E-state index contributed by atoms with van der Waals surface area (Å²) in [6.07, 6.45) is 0.951. The van der Waals surface area contributed by atoms with Crippen LogP contribution in [0, 0.1) is 0 Å². The molecule has 8 nitrogen and oxygen atoms in total. The van der Waals surface area contributed by atoms with Crippen molar-refractivity contribution in [3.05, 3.63) is 66.2 Å². The van der Waals surface area contributed by atoms with E-state index in [9.17, 15) is 13.2 Å². The van der Waals surface area contributed by atoms with Gasteiger partial charge in [0.2, 0.25) is 10.0 Å². The van der Waals surface area contributed by atoms with Crippen molar-refractivity contribution in [2.45, 2.75) is 20.0 Å². The molecule has 0 aliphatic carbocycles. The number of rotatable bonds is 7. The Morgan fingerprint density at radius 2 is 1.71 bits per heavy atom. The van der Waals surface area contributed by atoms with Crippen LogP contribution in [0.5, 0.6) is 0 Å². The first-order chi connectivity index (χ1) is 16.8. The molecule has 0 atom stereocenters. The smallest absolute Gasteiger partial charge is 0.264 e. The van der Waals surface area contributed by atoms with E-state index < -0.39 is 15.9 Å². The predicted octanol–water partition coefficient (Wildman–Crippen LogP) is 4.17. The van der Waals surface area contributed by atoms with Crippen LogP contribution in [0.2, 0.25) is 0 Å². The minimum atomic E-state index is -3.67. The number of carbonyl (C=O) groups is 1. The fourth-order valence-electron chi connectivity index (χ4n) is 4.66. The van der Waals surface area contributed by atoms with Gasteiger partial charge in [-0.25, -0.2) is 18.1 Å². The number of hydrogen-bond donors (Lipinski definition) is 1. The molecule has 9 heteroatoms. The van der Waals surface area contributed by atoms with Gasteiger partial charge >= 0.3 is 0 Å². The molecule has 0 unspecified atom stereocenters. The van der Waals surface area contributed by atoms with E-state index in [0.29, 0.717) is 18.7 Å². The third kappa shape index (κ3) is 4.17. The van der Waals surface area contributed by atoms with Gasteiger partial charge in [0, 0.05) is 53.1 Å². The van der Waals surface area contributed by atoms with Gasteiger partial charge in [-0.3, -0.25) is 4.79 Å². The highest BCUT2D eigenvalue weighted by Gasteiger charge is 2.18. The van der Waals surface area contributed by atoms with Crippen LogP contribution in [0.4, 0.5) is 0 Å². The van der Waals surface area contributed by atoms with Gasteiger partial charge in [0.05, 0.1) is 23.9 Å². The lowest BCUT2D eigenvalue weighted by Gasteiger charge is -2.10. The number of methoxy groups -OCH3 is 1. The zero-order valence-electron chi connectivity index (χ0n) is 19.8. The minimum Gasteiger partial charge on any atom is -0.383 e. The number of carbonyl (C=O) groups excluding carboxylic acids is 1. The highest BCUT2D eigenvalue weighted by Crippen LogP contribution is 2.33. The number of imidazole rings is 1. The Kier molecular flexibility index (Phi) is 5.82. The predicted molar refractivity (Wildman–Crippen MR) is 138 cm³/mol. The molecule has 1 N–H and O–H groups in total. The van der Waals surface area contributed by atoms with E-state index in [0.717, 1.165) is 40.6 Å². The first kappa shape index (κ1) is 23.1. The number of hydrogen-bond acceptors (Lipinski definition) is 5. The fourth-order valence-corrected chi connectivity index (χ4v) is 5.12. The topological polar surface area (TPSA) is 95.2 Å². The average molecular weight is 491 g/mol. The van der Waals surface area contributed by atoms with E-state index >= 15 is 0 Å². The standard InChI is InChI=1S/C26H26N4O4S/c1-4-29-22-8-6-5-7-19(22)20-15-17(9-11-23(20)29)25-27-21-16-18(26(31)28-35(3,32)33)10-12-24(21)30(25)13-14-34-2/h5-12,15-16H,4,13-14H2,1-3H3,(H,28,31). The second-order valence-corrected chi connectivity index (χ2v) is 10.2. The second-order valence-electron chi connectivity index (χ2n) is 8.48. The number of sulfonamides is 1. The minimum absolute atomic E-state index is 0.229. The maximum Gasteiger partial charge on any atom is 0.264 e. The summed E-state index contributed by atoms with van der Waals surface area (Å²) in [6.45, 7) is 4.08. The zero-order valence-corrected chi connectivity index (χ0v) is 20.6. The number of fused-ring (bicyclic) bond motifs is 4. The van der Waals surface area contributed by atoms with Gasteiger partial charge < -0.3 is 13.9 Å². The van der Waals surface area contributed by atoms with E-state index in [1.54, 1.807) is 25.3 Å². The normalized spacial score (nSPS) is 12.1. The summed E-state index contributed by atoms with van der Waals surface area (Å²) in [6, 6.07) is 19.7. The van der Waals surface area contributed by atoms with Crippen molar-refractivity contribution in [2.75, 3.05) is 20.0 Å². The summed E-state index contributed by atoms with van der Waals surface area (Å²) in [5, 5.41) is 2.34. The molecular weight excluding hydrogens is 464 g/mol. The molecule has 2 aromatic heterocycles. The van der Waals surface area contributed by atoms with Crippen LogP contribution in [0.1, 0.15) is 17.3 Å². The van der Waals surface area contributed by atoms with Gasteiger partial charge in [0.1, 0.15) is 5.82 Å². The summed E-state index contributed by atoms with van der Waals surface area (Å²) >= 11 is 0. The van der Waals surface area contributed by atoms with Gasteiger partial charge in [-0.05, 0) is 49.4 Å². The molecule has 0 spiro atoms. The van der Waals surface area contributed by atoms with Crippen LogP contribution < -0.4 is 4.72 Å². The summed E-state index contributed by atoms with van der Waals surface area (Å²) in [7, 11) is -2.01. The number of aromatic nitrogens is 3. The maximum atomic E-state index is 12.4. The van der Waals surface area contributed by atoms with Crippen LogP contribution in [0.25, 0.3) is 44.2 Å². The molecule has 0 bridgehead atoms. The van der Waals surface area contributed by atoms with Crippen molar-refractivity contribution >= 4 is 48.8 Å². The average Bonchev–Trinajstić information content (AvgIpc) is 3.36. The first-order valence-corrected chi connectivity index (χ1v) is 13.2. The summed E-state index contributed by atoms with van der Waals surface area (Å²) < 4.78 is 34.7. The molecule has 2 heterocycles. The quantitative estimate of drug-likeness (QED) is 0.370. The molecule has 0 saturated carbocycles. The largest absolute Gasteiger partial charge is 0.383 e. The third-order valence-corrected chi connectivity index (χ3v) is 6.71. The molecule has 3 aromatic carbocycles. The molecule has 5 aromatic rings. The van der Waals surface area contributed by atoms with Crippen molar-refractivity contribution in [2.24, 2.45) is 0 Å². The van der Waals surface area contributed by atoms with Crippen molar-refractivity contribution in [1.82, 2.24) is 18.8 Å². The highest BCUT2D eigenvalue weighted by atomic mass is 32.2. The Morgan fingerprint density at radius 1 is 0.971 bits per heavy atom. The molecule has 5 rings (SSSR count). The van der Waals surface area contributed by atoms with Crippen LogP contribution in [-0.4, -0.2) is 48.4 Å². The van der Waals surface area contributed by atoms with E-state index in [1.807, 2.05) is 10.8 Å². The lowest BCUT2D eigenvalue weighted by molar-refractivity contribution is 0.0982. The number of benzene rings is 3. The second kappa shape index (κ2) is 8.83. The summed E-state index contributed by atoms with van der Waals surface area (Å²) in [5.41, 5.74) is 4.98. The van der Waals surface area contributed by atoms with Gasteiger partial charge in [-0.2, -0.15) is 0 Å². The Labute approximate surface area is 203 Å². The molecule has 180 valence electrons. The van der Waals surface area contributed by atoms with Gasteiger partial charge in [0.25, 0.3) is 5.91 Å². The first-order valence-electron chi connectivity index (χ1n) is 11.3. The Bertz CT molecular complexity index is 1700. The fraction of sp³-hybridized carbons (Fsp3) is 0.231. The lowest BCUT2D eigenvalue weighted by atomic mass is 10.1. The van der Waals surface area contributed by atoms with Gasteiger partial charge in [-0.15, -0.1) is 0 Å². The van der Waals surface area contributed by atoms with Crippen molar-refractivity contribution < 1.29 is 17.9 Å². The van der Waals surface area contributed by atoms with Crippen LogP contribution in [0.3, 0.4) is 0 Å². The van der Waals surface area contributed by atoms with Crippen molar-refractivity contribution in [3.8, 4) is 11.4 Å². The molecule has 0 radical (unpaired) electrons. The monoisotopic (exact) mass is 490 g/mol. The number of amides is 1. The Hall–Kier alpha value is -3.69. The molecular formula is C26H26N4O4S. The van der Waals surface area contributed by atoms with Crippen LogP contribution in [-0.2, 0) is 27.8 Å². The summed E-state index contributed by atoms with van der Waals surface area (Å²) in [4.78, 5) is 17.3. The molecule has 0 saturated heterocycles.